The van der Waals surface area contributed by atoms with Gasteiger partial charge in [0.2, 0.25) is 0 Å². The molecule has 0 fully saturated rings. The van der Waals surface area contributed by atoms with Gasteiger partial charge in [0.15, 0.2) is 0 Å². The highest BCUT2D eigenvalue weighted by Crippen LogP contribution is 2.20. The molecular weight excluding hydrogens is 288 g/mol. The molecule has 1 aromatic carbocycles. The monoisotopic (exact) mass is 298 g/mol. The minimum Gasteiger partial charge on any atom is -0.389 e. The predicted octanol–water partition coefficient (Wildman–Crippen LogP) is 0.712. The van der Waals surface area contributed by atoms with Crippen molar-refractivity contribution >= 4 is 26.8 Å². The van der Waals surface area contributed by atoms with Crippen LogP contribution in [-0.4, -0.2) is 31.6 Å². The van der Waals surface area contributed by atoms with Crippen molar-refractivity contribution < 1.29 is 10.2 Å². The molecule has 0 bridgehead atoms. The van der Waals surface area contributed by atoms with E-state index in [-0.39, 0.29) is 10.9 Å². The van der Waals surface area contributed by atoms with E-state index in [0.29, 0.717) is 16.5 Å². The van der Waals surface area contributed by atoms with E-state index in [2.05, 4.69) is 25.9 Å². The lowest BCUT2D eigenvalue weighted by Crippen LogP contribution is -2.19. The topological polar surface area (TPSA) is 86.2 Å². The molecule has 2 atom stereocenters. The van der Waals surface area contributed by atoms with Crippen LogP contribution >= 0.6 is 15.9 Å². The third kappa shape index (κ3) is 2.38. The van der Waals surface area contributed by atoms with Gasteiger partial charge in [0, 0.05) is 5.33 Å². The van der Waals surface area contributed by atoms with Crippen molar-refractivity contribution in [3.63, 3.8) is 0 Å². The van der Waals surface area contributed by atoms with E-state index in [1.165, 1.54) is 12.4 Å². The largest absolute Gasteiger partial charge is 0.389 e. The molecule has 0 aliphatic heterocycles. The van der Waals surface area contributed by atoms with Gasteiger partial charge in [-0.2, -0.15) is 0 Å². The number of hydrogen-bond acceptors (Lipinski definition) is 4. The Kier molecular flexibility index (Phi) is 3.56. The Morgan fingerprint density at radius 2 is 2.18 bits per heavy atom. The average molecular weight is 299 g/mol. The van der Waals surface area contributed by atoms with Gasteiger partial charge in [0.1, 0.15) is 6.10 Å². The summed E-state index contributed by atoms with van der Waals surface area (Å²) in [6, 6.07) is 4.83. The smallest absolute Gasteiger partial charge is 0.258 e. The minimum atomic E-state index is -1.03. The Labute approximate surface area is 105 Å². The summed E-state index contributed by atoms with van der Waals surface area (Å²) in [5.74, 6) is 0. The number of H-pyrrole nitrogens is 1. The number of hydrogen-bond donors (Lipinski definition) is 3. The Hall–Kier alpha value is -1.24. The standard InChI is InChI=1S/C11H11BrN2O3/c12-4-9(15)10(16)6-1-2-8-7(3-6)11(17)14-5-13-8/h1-3,5,9-10,15-16H,4H2,(H,13,14,17). The van der Waals surface area contributed by atoms with Crippen LogP contribution in [-0.2, 0) is 0 Å². The maximum atomic E-state index is 11.5. The second-order valence-electron chi connectivity index (χ2n) is 3.67. The molecule has 2 rings (SSSR count). The summed E-state index contributed by atoms with van der Waals surface area (Å²) in [7, 11) is 0. The number of aliphatic hydroxyl groups is 2. The van der Waals surface area contributed by atoms with Crippen LogP contribution < -0.4 is 5.56 Å². The van der Waals surface area contributed by atoms with E-state index in [1.54, 1.807) is 12.1 Å². The average Bonchev–Trinajstić information content (AvgIpc) is 2.37. The molecule has 0 aliphatic carbocycles. The molecule has 0 aliphatic rings. The SMILES string of the molecule is O=c1[nH]cnc2ccc(C(O)C(O)CBr)cc12. The first kappa shape index (κ1) is 12.2. The lowest BCUT2D eigenvalue weighted by Gasteiger charge is -2.15. The highest BCUT2D eigenvalue weighted by molar-refractivity contribution is 9.09. The van der Waals surface area contributed by atoms with Crippen molar-refractivity contribution in [3.8, 4) is 0 Å². The number of fused-ring (bicyclic) bond motifs is 1. The fourth-order valence-corrected chi connectivity index (χ4v) is 1.93. The van der Waals surface area contributed by atoms with Crippen LogP contribution in [0.25, 0.3) is 10.9 Å². The maximum absolute atomic E-state index is 11.5. The predicted molar refractivity (Wildman–Crippen MR) is 67.1 cm³/mol. The van der Waals surface area contributed by atoms with Gasteiger partial charge in [-0.3, -0.25) is 4.79 Å². The highest BCUT2D eigenvalue weighted by Gasteiger charge is 2.17. The number of nitrogens with zero attached hydrogens (tertiary/aromatic N) is 1. The van der Waals surface area contributed by atoms with Crippen molar-refractivity contribution in [2.45, 2.75) is 12.2 Å². The molecule has 2 aromatic rings. The molecule has 0 spiro atoms. The van der Waals surface area contributed by atoms with E-state index >= 15 is 0 Å². The zero-order chi connectivity index (χ0) is 12.4. The maximum Gasteiger partial charge on any atom is 0.258 e. The van der Waals surface area contributed by atoms with Crippen LogP contribution in [0.3, 0.4) is 0 Å². The summed E-state index contributed by atoms with van der Waals surface area (Å²) in [4.78, 5) is 18.0. The van der Waals surface area contributed by atoms with Crippen molar-refractivity contribution in [1.29, 1.82) is 0 Å². The lowest BCUT2D eigenvalue weighted by atomic mass is 10.0. The van der Waals surface area contributed by atoms with Crippen molar-refractivity contribution in [2.24, 2.45) is 0 Å². The molecule has 0 amide bonds. The van der Waals surface area contributed by atoms with Gasteiger partial charge in [0.25, 0.3) is 5.56 Å². The number of rotatable bonds is 3. The van der Waals surface area contributed by atoms with Crippen LogP contribution in [0.15, 0.2) is 29.3 Å². The summed E-state index contributed by atoms with van der Waals surface area (Å²) in [5.41, 5.74) is 0.776. The molecule has 90 valence electrons. The first-order valence-electron chi connectivity index (χ1n) is 5.03. The fourth-order valence-electron chi connectivity index (χ4n) is 1.58. The fraction of sp³-hybridized carbons (Fsp3) is 0.273. The zero-order valence-corrected chi connectivity index (χ0v) is 10.4. The third-order valence-corrected chi connectivity index (χ3v) is 3.19. The van der Waals surface area contributed by atoms with Crippen molar-refractivity contribution in [2.75, 3.05) is 5.33 Å². The Balaban J connectivity index is 2.51. The van der Waals surface area contributed by atoms with Crippen LogP contribution in [0.1, 0.15) is 11.7 Å². The lowest BCUT2D eigenvalue weighted by molar-refractivity contribution is 0.0343. The molecule has 0 radical (unpaired) electrons. The molecule has 1 heterocycles. The van der Waals surface area contributed by atoms with Crippen molar-refractivity contribution in [1.82, 2.24) is 9.97 Å². The first-order valence-corrected chi connectivity index (χ1v) is 6.15. The van der Waals surface area contributed by atoms with Crippen LogP contribution in [0.5, 0.6) is 0 Å². The quantitative estimate of drug-likeness (QED) is 0.729. The number of aliphatic hydroxyl groups excluding tert-OH is 2. The summed E-state index contributed by atoms with van der Waals surface area (Å²) in [6.45, 7) is 0. The summed E-state index contributed by atoms with van der Waals surface area (Å²) in [6.07, 6.45) is -0.615. The van der Waals surface area contributed by atoms with Crippen LogP contribution in [0.4, 0.5) is 0 Å². The highest BCUT2D eigenvalue weighted by atomic mass is 79.9. The normalized spacial score (nSPS) is 14.8. The summed E-state index contributed by atoms with van der Waals surface area (Å²) < 4.78 is 0. The second kappa shape index (κ2) is 4.95. The third-order valence-electron chi connectivity index (χ3n) is 2.53. The van der Waals surface area contributed by atoms with Gasteiger partial charge in [-0.1, -0.05) is 22.0 Å². The molecule has 0 saturated carbocycles. The van der Waals surface area contributed by atoms with E-state index in [1.807, 2.05) is 0 Å². The molecule has 17 heavy (non-hydrogen) atoms. The van der Waals surface area contributed by atoms with Gasteiger partial charge >= 0.3 is 0 Å². The molecular formula is C11H11BrN2O3. The molecule has 0 saturated heterocycles. The van der Waals surface area contributed by atoms with Gasteiger partial charge < -0.3 is 15.2 Å². The van der Waals surface area contributed by atoms with Gasteiger partial charge in [-0.15, -0.1) is 0 Å². The molecule has 1 aromatic heterocycles. The Morgan fingerprint density at radius 1 is 1.41 bits per heavy atom. The van der Waals surface area contributed by atoms with Crippen molar-refractivity contribution in [3.05, 3.63) is 40.4 Å². The number of halogens is 1. The Morgan fingerprint density at radius 3 is 2.88 bits per heavy atom. The summed E-state index contributed by atoms with van der Waals surface area (Å²) in [5, 5.41) is 20.0. The van der Waals surface area contributed by atoms with Gasteiger partial charge in [-0.25, -0.2) is 4.98 Å². The zero-order valence-electron chi connectivity index (χ0n) is 8.80. The van der Waals surface area contributed by atoms with Gasteiger partial charge in [-0.05, 0) is 17.7 Å². The molecule has 5 nitrogen and oxygen atoms in total. The molecule has 6 heteroatoms. The first-order chi connectivity index (χ1) is 8.13. The van der Waals surface area contributed by atoms with E-state index in [4.69, 9.17) is 0 Å². The minimum absolute atomic E-state index is 0.260. The van der Waals surface area contributed by atoms with Crippen LogP contribution in [0.2, 0.25) is 0 Å². The second-order valence-corrected chi connectivity index (χ2v) is 4.32. The number of aromatic amines is 1. The van der Waals surface area contributed by atoms with Crippen LogP contribution in [0, 0.1) is 0 Å². The number of benzene rings is 1. The van der Waals surface area contributed by atoms with Gasteiger partial charge in [0.05, 0.1) is 23.3 Å². The van der Waals surface area contributed by atoms with E-state index < -0.39 is 12.2 Å². The van der Waals surface area contributed by atoms with E-state index in [9.17, 15) is 15.0 Å². The number of aromatic nitrogens is 2. The van der Waals surface area contributed by atoms with E-state index in [0.717, 1.165) is 0 Å². The number of nitrogens with one attached hydrogen (secondary N) is 1. The Bertz CT molecular complexity index is 584. The molecule has 2 unspecified atom stereocenters. The summed E-state index contributed by atoms with van der Waals surface area (Å²) >= 11 is 3.09. The number of alkyl halides is 1. The molecule has 3 N–H and O–H groups in total.